The van der Waals surface area contributed by atoms with Crippen LogP contribution in [0.25, 0.3) is 0 Å². The van der Waals surface area contributed by atoms with Crippen LogP contribution in [0, 0.1) is 0 Å². The molecule has 1 amide bonds. The first-order chi connectivity index (χ1) is 7.04. The first kappa shape index (κ1) is 12.0. The third-order valence-electron chi connectivity index (χ3n) is 1.97. The van der Waals surface area contributed by atoms with E-state index in [0.29, 0.717) is 11.4 Å². The number of hydrogen-bond acceptors (Lipinski definition) is 3. The third kappa shape index (κ3) is 3.21. The molecule has 1 unspecified atom stereocenters. The van der Waals surface area contributed by atoms with E-state index in [-0.39, 0.29) is 5.91 Å². The standard InChI is InChI=1S/C10H13BrN2O2/c1-6(15-2)10(14)13-9-5-7(12)3-4-8(9)11/h3-6H,12H2,1-2H3,(H,13,14). The first-order valence-electron chi connectivity index (χ1n) is 4.43. The van der Waals surface area contributed by atoms with Gasteiger partial charge in [-0.05, 0) is 41.1 Å². The molecule has 1 aromatic rings. The molecular weight excluding hydrogens is 260 g/mol. The van der Waals surface area contributed by atoms with Crippen LogP contribution in [0.4, 0.5) is 11.4 Å². The van der Waals surface area contributed by atoms with E-state index >= 15 is 0 Å². The molecule has 0 aliphatic heterocycles. The molecule has 0 fully saturated rings. The second-order valence-electron chi connectivity index (χ2n) is 3.11. The predicted molar refractivity (Wildman–Crippen MR) is 63.7 cm³/mol. The largest absolute Gasteiger partial charge is 0.399 e. The van der Waals surface area contributed by atoms with E-state index in [0.717, 1.165) is 4.47 Å². The lowest BCUT2D eigenvalue weighted by Gasteiger charge is -2.12. The van der Waals surface area contributed by atoms with Crippen LogP contribution in [0.2, 0.25) is 0 Å². The highest BCUT2D eigenvalue weighted by atomic mass is 79.9. The maximum Gasteiger partial charge on any atom is 0.253 e. The maximum atomic E-state index is 11.5. The molecule has 1 atom stereocenters. The van der Waals surface area contributed by atoms with Crippen molar-refractivity contribution in [2.75, 3.05) is 18.2 Å². The third-order valence-corrected chi connectivity index (χ3v) is 2.66. The van der Waals surface area contributed by atoms with Gasteiger partial charge in [-0.15, -0.1) is 0 Å². The van der Waals surface area contributed by atoms with Crippen molar-refractivity contribution in [2.45, 2.75) is 13.0 Å². The molecule has 0 heterocycles. The summed E-state index contributed by atoms with van der Waals surface area (Å²) < 4.78 is 5.68. The Labute approximate surface area is 96.9 Å². The zero-order valence-electron chi connectivity index (χ0n) is 8.58. The summed E-state index contributed by atoms with van der Waals surface area (Å²) >= 11 is 3.32. The number of rotatable bonds is 3. The summed E-state index contributed by atoms with van der Waals surface area (Å²) in [5, 5.41) is 2.71. The van der Waals surface area contributed by atoms with Crippen molar-refractivity contribution in [3.63, 3.8) is 0 Å². The van der Waals surface area contributed by atoms with Gasteiger partial charge in [-0.2, -0.15) is 0 Å². The van der Waals surface area contributed by atoms with E-state index < -0.39 is 6.10 Å². The zero-order chi connectivity index (χ0) is 11.4. The molecule has 5 heteroatoms. The lowest BCUT2D eigenvalue weighted by Crippen LogP contribution is -2.26. The summed E-state index contributed by atoms with van der Waals surface area (Å²) in [7, 11) is 1.48. The van der Waals surface area contributed by atoms with Gasteiger partial charge in [0, 0.05) is 17.3 Å². The van der Waals surface area contributed by atoms with Crippen LogP contribution >= 0.6 is 15.9 Å². The Morgan fingerprint density at radius 1 is 1.60 bits per heavy atom. The summed E-state index contributed by atoms with van der Waals surface area (Å²) in [6.07, 6.45) is -0.488. The molecule has 1 rings (SSSR count). The van der Waals surface area contributed by atoms with Crippen LogP contribution in [-0.2, 0) is 9.53 Å². The van der Waals surface area contributed by atoms with E-state index in [1.54, 1.807) is 25.1 Å². The number of halogens is 1. The minimum atomic E-state index is -0.488. The predicted octanol–water partition coefficient (Wildman–Crippen LogP) is 2.00. The highest BCUT2D eigenvalue weighted by Gasteiger charge is 2.12. The Bertz CT molecular complexity index is 368. The monoisotopic (exact) mass is 272 g/mol. The van der Waals surface area contributed by atoms with Crippen LogP contribution in [-0.4, -0.2) is 19.1 Å². The van der Waals surface area contributed by atoms with E-state index in [1.807, 2.05) is 0 Å². The Hall–Kier alpha value is -1.07. The van der Waals surface area contributed by atoms with E-state index in [4.69, 9.17) is 10.5 Å². The van der Waals surface area contributed by atoms with Crippen molar-refractivity contribution in [3.8, 4) is 0 Å². The van der Waals surface area contributed by atoms with Gasteiger partial charge >= 0.3 is 0 Å². The SMILES string of the molecule is COC(C)C(=O)Nc1cc(N)ccc1Br. The molecular formula is C10H13BrN2O2. The molecule has 0 spiro atoms. The quantitative estimate of drug-likeness (QED) is 0.828. The zero-order valence-corrected chi connectivity index (χ0v) is 10.2. The number of nitrogens with one attached hydrogen (secondary N) is 1. The number of amides is 1. The highest BCUT2D eigenvalue weighted by Crippen LogP contribution is 2.24. The maximum absolute atomic E-state index is 11.5. The van der Waals surface area contributed by atoms with Crippen molar-refractivity contribution in [2.24, 2.45) is 0 Å². The number of ether oxygens (including phenoxy) is 1. The van der Waals surface area contributed by atoms with Gasteiger partial charge in [-0.3, -0.25) is 4.79 Å². The van der Waals surface area contributed by atoms with Crippen molar-refractivity contribution in [3.05, 3.63) is 22.7 Å². The Balaban J connectivity index is 2.80. The number of carbonyl (C=O) groups is 1. The minimum Gasteiger partial charge on any atom is -0.399 e. The molecule has 0 aromatic heterocycles. The van der Waals surface area contributed by atoms with E-state index in [2.05, 4.69) is 21.2 Å². The Morgan fingerprint density at radius 2 is 2.27 bits per heavy atom. The average Bonchev–Trinajstić information content (AvgIpc) is 2.22. The lowest BCUT2D eigenvalue weighted by atomic mass is 10.2. The number of nitrogen functional groups attached to an aromatic ring is 1. The number of methoxy groups -OCH3 is 1. The summed E-state index contributed by atoms with van der Waals surface area (Å²) in [5.41, 5.74) is 6.85. The number of benzene rings is 1. The van der Waals surface area contributed by atoms with Gasteiger partial charge in [0.15, 0.2) is 0 Å². The van der Waals surface area contributed by atoms with Crippen LogP contribution in [0.3, 0.4) is 0 Å². The Kier molecular flexibility index (Phi) is 4.11. The number of carbonyl (C=O) groups excluding carboxylic acids is 1. The van der Waals surface area contributed by atoms with Gasteiger partial charge in [0.25, 0.3) is 5.91 Å². The fourth-order valence-electron chi connectivity index (χ4n) is 0.980. The fraction of sp³-hybridized carbons (Fsp3) is 0.300. The van der Waals surface area contributed by atoms with Gasteiger partial charge in [-0.1, -0.05) is 0 Å². The van der Waals surface area contributed by atoms with Crippen LogP contribution in [0.5, 0.6) is 0 Å². The van der Waals surface area contributed by atoms with Crippen LogP contribution < -0.4 is 11.1 Å². The molecule has 3 N–H and O–H groups in total. The summed E-state index contributed by atoms with van der Waals surface area (Å²) in [5.74, 6) is -0.205. The minimum absolute atomic E-state index is 0.205. The lowest BCUT2D eigenvalue weighted by molar-refractivity contribution is -0.124. The van der Waals surface area contributed by atoms with Crippen molar-refractivity contribution in [1.29, 1.82) is 0 Å². The summed E-state index contributed by atoms with van der Waals surface area (Å²) in [4.78, 5) is 11.5. The number of anilines is 2. The van der Waals surface area contributed by atoms with Crippen molar-refractivity contribution < 1.29 is 9.53 Å². The second kappa shape index (κ2) is 5.14. The summed E-state index contributed by atoms with van der Waals surface area (Å²) in [6.45, 7) is 1.68. The molecule has 1 aromatic carbocycles. The molecule has 0 saturated heterocycles. The van der Waals surface area contributed by atoms with Gasteiger partial charge in [0.05, 0.1) is 5.69 Å². The van der Waals surface area contributed by atoms with Gasteiger partial charge in [0.1, 0.15) is 6.10 Å². The molecule has 0 aliphatic rings. The van der Waals surface area contributed by atoms with Gasteiger partial charge < -0.3 is 15.8 Å². The average molecular weight is 273 g/mol. The normalized spacial score (nSPS) is 12.2. The first-order valence-corrected chi connectivity index (χ1v) is 5.22. The van der Waals surface area contributed by atoms with Crippen LogP contribution in [0.15, 0.2) is 22.7 Å². The fourth-order valence-corrected chi connectivity index (χ4v) is 1.33. The summed E-state index contributed by atoms with van der Waals surface area (Å²) in [6, 6.07) is 5.21. The second-order valence-corrected chi connectivity index (χ2v) is 3.96. The molecule has 82 valence electrons. The van der Waals surface area contributed by atoms with Gasteiger partial charge in [-0.25, -0.2) is 0 Å². The highest BCUT2D eigenvalue weighted by molar-refractivity contribution is 9.10. The van der Waals surface area contributed by atoms with E-state index in [1.165, 1.54) is 7.11 Å². The van der Waals surface area contributed by atoms with Crippen molar-refractivity contribution in [1.82, 2.24) is 0 Å². The molecule has 0 aliphatic carbocycles. The van der Waals surface area contributed by atoms with E-state index in [9.17, 15) is 4.79 Å². The number of hydrogen-bond donors (Lipinski definition) is 2. The van der Waals surface area contributed by atoms with Crippen molar-refractivity contribution >= 4 is 33.2 Å². The number of nitrogens with two attached hydrogens (primary N) is 1. The van der Waals surface area contributed by atoms with Gasteiger partial charge in [0.2, 0.25) is 0 Å². The topological polar surface area (TPSA) is 64.3 Å². The molecule has 0 radical (unpaired) electrons. The molecule has 15 heavy (non-hydrogen) atoms. The smallest absolute Gasteiger partial charge is 0.253 e. The molecule has 4 nitrogen and oxygen atoms in total. The Morgan fingerprint density at radius 3 is 2.87 bits per heavy atom. The van der Waals surface area contributed by atoms with Crippen LogP contribution in [0.1, 0.15) is 6.92 Å². The molecule has 0 bridgehead atoms. The molecule has 0 saturated carbocycles.